The maximum Gasteiger partial charge on any atom is 0.146 e. The number of fused-ring (bicyclic) bond motifs is 1. The van der Waals surface area contributed by atoms with Gasteiger partial charge < -0.3 is 5.32 Å². The topological polar surface area (TPSA) is 41.1 Å². The van der Waals surface area contributed by atoms with Crippen LogP contribution in [0.15, 0.2) is 11.4 Å². The van der Waals surface area contributed by atoms with Gasteiger partial charge in [-0.05, 0) is 45.7 Å². The van der Waals surface area contributed by atoms with Crippen LogP contribution in [-0.4, -0.2) is 34.0 Å². The van der Waals surface area contributed by atoms with E-state index in [0.29, 0.717) is 0 Å². The van der Waals surface area contributed by atoms with Crippen LogP contribution in [-0.2, 0) is 6.54 Å². The minimum Gasteiger partial charge on any atom is -0.370 e. The fourth-order valence-corrected chi connectivity index (χ4v) is 2.75. The first-order chi connectivity index (χ1) is 9.47. The van der Waals surface area contributed by atoms with Crippen LogP contribution in [0.5, 0.6) is 0 Å². The van der Waals surface area contributed by atoms with Gasteiger partial charge in [-0.1, -0.05) is 6.92 Å². The van der Waals surface area contributed by atoms with Gasteiger partial charge in [-0.15, -0.1) is 11.3 Å². The summed E-state index contributed by atoms with van der Waals surface area (Å²) >= 11 is 1.67. The van der Waals surface area contributed by atoms with Gasteiger partial charge in [0.15, 0.2) is 0 Å². The van der Waals surface area contributed by atoms with Crippen LogP contribution in [0.25, 0.3) is 10.2 Å². The average molecular weight is 292 g/mol. The van der Waals surface area contributed by atoms with E-state index in [9.17, 15) is 0 Å². The summed E-state index contributed by atoms with van der Waals surface area (Å²) in [6.45, 7) is 10.4. The van der Waals surface area contributed by atoms with E-state index in [4.69, 9.17) is 9.97 Å². The summed E-state index contributed by atoms with van der Waals surface area (Å²) in [5.41, 5.74) is 0.159. The predicted molar refractivity (Wildman–Crippen MR) is 87.4 cm³/mol. The Morgan fingerprint density at radius 2 is 2.05 bits per heavy atom. The number of rotatable bonds is 6. The molecule has 0 aliphatic rings. The molecule has 2 aromatic rings. The lowest BCUT2D eigenvalue weighted by molar-refractivity contribution is 0.139. The number of nitrogens with zero attached hydrogens (tertiary/aromatic N) is 3. The van der Waals surface area contributed by atoms with Crippen LogP contribution in [0.4, 0.5) is 5.82 Å². The molecular formula is C15H24N4S. The number of nitrogens with one attached hydrogen (secondary N) is 1. The van der Waals surface area contributed by atoms with Crippen LogP contribution in [0.2, 0.25) is 0 Å². The summed E-state index contributed by atoms with van der Waals surface area (Å²) in [5.74, 6) is 1.84. The van der Waals surface area contributed by atoms with Crippen molar-refractivity contribution in [2.45, 2.75) is 46.2 Å². The zero-order valence-corrected chi connectivity index (χ0v) is 13.8. The van der Waals surface area contributed by atoms with Crippen molar-refractivity contribution in [3.05, 3.63) is 17.3 Å². The standard InChI is InChI=1S/C15H24N4S/c1-6-15(3,4)19(5)10-12-17-13(16-7-2)11-8-9-20-14(11)18-12/h8-9H,6-7,10H2,1-5H3,(H,16,17,18). The molecule has 0 radical (unpaired) electrons. The highest BCUT2D eigenvalue weighted by atomic mass is 32.1. The third-order valence-corrected chi connectivity index (χ3v) is 4.80. The second kappa shape index (κ2) is 6.06. The fraction of sp³-hybridized carbons (Fsp3) is 0.600. The van der Waals surface area contributed by atoms with Crippen LogP contribution >= 0.6 is 11.3 Å². The van der Waals surface area contributed by atoms with Gasteiger partial charge in [0.25, 0.3) is 0 Å². The fourth-order valence-electron chi connectivity index (χ4n) is 1.97. The third kappa shape index (κ3) is 3.10. The third-order valence-electron chi connectivity index (χ3n) is 3.99. The first-order valence-electron chi connectivity index (χ1n) is 7.17. The van der Waals surface area contributed by atoms with Crippen molar-refractivity contribution in [2.75, 3.05) is 18.9 Å². The molecule has 2 aromatic heterocycles. The van der Waals surface area contributed by atoms with Gasteiger partial charge in [-0.25, -0.2) is 9.97 Å². The predicted octanol–water partition coefficient (Wildman–Crippen LogP) is 3.74. The van der Waals surface area contributed by atoms with E-state index in [-0.39, 0.29) is 5.54 Å². The zero-order valence-electron chi connectivity index (χ0n) is 13.0. The minimum atomic E-state index is 0.159. The Morgan fingerprint density at radius 1 is 1.30 bits per heavy atom. The smallest absolute Gasteiger partial charge is 0.146 e. The summed E-state index contributed by atoms with van der Waals surface area (Å²) in [4.78, 5) is 12.8. The van der Waals surface area contributed by atoms with E-state index < -0.39 is 0 Å². The minimum absolute atomic E-state index is 0.159. The quantitative estimate of drug-likeness (QED) is 0.880. The SMILES string of the molecule is CCNc1nc(CN(C)C(C)(C)CC)nc2sccc12. The summed E-state index contributed by atoms with van der Waals surface area (Å²) < 4.78 is 0. The summed E-state index contributed by atoms with van der Waals surface area (Å²) in [7, 11) is 2.14. The zero-order chi connectivity index (χ0) is 14.8. The van der Waals surface area contributed by atoms with Crippen molar-refractivity contribution in [3.8, 4) is 0 Å². The molecule has 0 amide bonds. The molecule has 0 atom stereocenters. The largest absolute Gasteiger partial charge is 0.370 e. The lowest BCUT2D eigenvalue weighted by Gasteiger charge is -2.34. The van der Waals surface area contributed by atoms with Crippen LogP contribution in [0.1, 0.15) is 39.9 Å². The molecule has 20 heavy (non-hydrogen) atoms. The number of hydrogen-bond donors (Lipinski definition) is 1. The van der Waals surface area contributed by atoms with E-state index in [1.165, 1.54) is 0 Å². The lowest BCUT2D eigenvalue weighted by Crippen LogP contribution is -2.40. The molecule has 5 heteroatoms. The van der Waals surface area contributed by atoms with Gasteiger partial charge >= 0.3 is 0 Å². The Kier molecular flexibility index (Phi) is 4.60. The Morgan fingerprint density at radius 3 is 2.70 bits per heavy atom. The van der Waals surface area contributed by atoms with Gasteiger partial charge in [-0.2, -0.15) is 0 Å². The maximum absolute atomic E-state index is 4.69. The Balaban J connectivity index is 2.30. The summed E-state index contributed by atoms with van der Waals surface area (Å²) in [6, 6.07) is 2.08. The number of hydrogen-bond acceptors (Lipinski definition) is 5. The molecule has 2 heterocycles. The second-order valence-electron chi connectivity index (χ2n) is 5.68. The molecule has 0 bridgehead atoms. The van der Waals surface area contributed by atoms with Crippen LogP contribution < -0.4 is 5.32 Å². The molecular weight excluding hydrogens is 268 g/mol. The molecule has 0 fully saturated rings. The van der Waals surface area contributed by atoms with Gasteiger partial charge in [0.1, 0.15) is 16.5 Å². The maximum atomic E-state index is 4.69. The highest BCUT2D eigenvalue weighted by Crippen LogP contribution is 2.26. The molecule has 0 aliphatic heterocycles. The van der Waals surface area contributed by atoms with Crippen LogP contribution in [0.3, 0.4) is 0 Å². The lowest BCUT2D eigenvalue weighted by atomic mass is 10.0. The van der Waals surface area contributed by atoms with Crippen molar-refractivity contribution >= 4 is 27.4 Å². The molecule has 0 saturated carbocycles. The normalized spacial score (nSPS) is 12.3. The van der Waals surface area contributed by atoms with Gasteiger partial charge in [0, 0.05) is 12.1 Å². The highest BCUT2D eigenvalue weighted by Gasteiger charge is 2.22. The second-order valence-corrected chi connectivity index (χ2v) is 6.57. The number of aromatic nitrogens is 2. The highest BCUT2D eigenvalue weighted by molar-refractivity contribution is 7.16. The monoisotopic (exact) mass is 292 g/mol. The molecule has 1 N–H and O–H groups in total. The molecule has 0 aliphatic carbocycles. The molecule has 0 unspecified atom stereocenters. The molecule has 4 nitrogen and oxygen atoms in total. The van der Waals surface area contributed by atoms with Crippen LogP contribution in [0, 0.1) is 0 Å². The molecule has 2 rings (SSSR count). The molecule has 110 valence electrons. The van der Waals surface area contributed by atoms with E-state index in [0.717, 1.165) is 41.4 Å². The summed E-state index contributed by atoms with van der Waals surface area (Å²) in [5, 5.41) is 6.54. The van der Waals surface area contributed by atoms with Crippen molar-refractivity contribution in [3.63, 3.8) is 0 Å². The molecule has 0 aromatic carbocycles. The average Bonchev–Trinajstić information content (AvgIpc) is 2.87. The van der Waals surface area contributed by atoms with Crippen molar-refractivity contribution in [1.82, 2.24) is 14.9 Å². The van der Waals surface area contributed by atoms with Gasteiger partial charge in [0.05, 0.1) is 11.9 Å². The number of anilines is 1. The first kappa shape index (κ1) is 15.2. The Labute approximate surface area is 125 Å². The molecule has 0 spiro atoms. The van der Waals surface area contributed by atoms with Gasteiger partial charge in [-0.3, -0.25) is 4.90 Å². The summed E-state index contributed by atoms with van der Waals surface area (Å²) in [6.07, 6.45) is 1.10. The van der Waals surface area contributed by atoms with E-state index in [1.807, 2.05) is 0 Å². The van der Waals surface area contributed by atoms with E-state index >= 15 is 0 Å². The Hall–Kier alpha value is -1.20. The van der Waals surface area contributed by atoms with Crippen molar-refractivity contribution in [2.24, 2.45) is 0 Å². The van der Waals surface area contributed by atoms with E-state index in [1.54, 1.807) is 11.3 Å². The van der Waals surface area contributed by atoms with E-state index in [2.05, 4.69) is 56.4 Å². The van der Waals surface area contributed by atoms with Crippen molar-refractivity contribution < 1.29 is 0 Å². The molecule has 0 saturated heterocycles. The van der Waals surface area contributed by atoms with Gasteiger partial charge in [0.2, 0.25) is 0 Å². The first-order valence-corrected chi connectivity index (χ1v) is 8.05. The number of thiophene rings is 1. The Bertz CT molecular complexity index is 576. The van der Waals surface area contributed by atoms with Crippen molar-refractivity contribution in [1.29, 1.82) is 0 Å².